The minimum absolute atomic E-state index is 0. The van der Waals surface area contributed by atoms with E-state index in [1.54, 1.807) is 26.0 Å². The minimum atomic E-state index is 0. The summed E-state index contributed by atoms with van der Waals surface area (Å²) >= 11 is 1.75. The number of phenols is 1. The van der Waals surface area contributed by atoms with Crippen LogP contribution in [0.3, 0.4) is 0 Å². The van der Waals surface area contributed by atoms with Gasteiger partial charge in [-0.1, -0.05) is 116 Å². The Balaban J connectivity index is 0.000000315. The third-order valence-electron chi connectivity index (χ3n) is 6.89. The number of aryl methyl sites for hydroxylation is 1. The second-order valence-electron chi connectivity index (χ2n) is 10.7. The Morgan fingerprint density at radius 1 is 0.659 bits per heavy atom. The second kappa shape index (κ2) is 15.2. The molecule has 0 aliphatic heterocycles. The zero-order valence-corrected chi connectivity index (χ0v) is 27.2. The maximum absolute atomic E-state index is 9.36. The van der Waals surface area contributed by atoms with Crippen LogP contribution in [0.25, 0.3) is 44.2 Å². The topological polar surface area (TPSA) is 20.2 Å². The van der Waals surface area contributed by atoms with Gasteiger partial charge < -0.3 is 5.11 Å². The van der Waals surface area contributed by atoms with Crippen molar-refractivity contribution in [3.8, 4) is 39.1 Å². The Bertz CT molecular complexity index is 1610. The van der Waals surface area contributed by atoms with Gasteiger partial charge in [-0.15, -0.1) is 60.7 Å². The fourth-order valence-corrected chi connectivity index (χ4v) is 4.99. The molecule has 0 atom stereocenters. The first kappa shape index (κ1) is 34.1. The van der Waals surface area contributed by atoms with Crippen LogP contribution in [0.15, 0.2) is 121 Å². The zero-order valence-electron chi connectivity index (χ0n) is 24.0. The molecule has 209 valence electrons. The fraction of sp³-hybridized carbons (Fsp3) is 0.135. The van der Waals surface area contributed by atoms with Gasteiger partial charge in [-0.25, -0.2) is 0 Å². The number of phenolic OH excluding ortho intramolecular Hbond substituents is 1. The maximum atomic E-state index is 9.36. The second-order valence-corrected chi connectivity index (χ2v) is 10.7. The van der Waals surface area contributed by atoms with Crippen LogP contribution in [0.1, 0.15) is 31.9 Å². The van der Waals surface area contributed by atoms with Crippen molar-refractivity contribution in [2.75, 3.05) is 0 Å². The third kappa shape index (κ3) is 8.03. The van der Waals surface area contributed by atoms with Gasteiger partial charge in [0, 0.05) is 0 Å². The van der Waals surface area contributed by atoms with Gasteiger partial charge in [0.1, 0.15) is 5.75 Å². The van der Waals surface area contributed by atoms with Crippen LogP contribution >= 0.6 is 24.8 Å². The summed E-state index contributed by atoms with van der Waals surface area (Å²) < 4.78 is 0. The van der Waals surface area contributed by atoms with Crippen molar-refractivity contribution in [1.29, 1.82) is 0 Å². The summed E-state index contributed by atoms with van der Waals surface area (Å²) in [6, 6.07) is 42.6. The summed E-state index contributed by atoms with van der Waals surface area (Å²) in [7, 11) is 0. The van der Waals surface area contributed by atoms with Crippen LogP contribution in [0.4, 0.5) is 0 Å². The van der Waals surface area contributed by atoms with E-state index in [1.807, 2.05) is 13.0 Å². The van der Waals surface area contributed by atoms with Crippen molar-refractivity contribution in [3.63, 3.8) is 0 Å². The monoisotopic (exact) mass is 615 g/mol. The number of halogens is 2. The molecule has 0 bridgehead atoms. The molecule has 4 aromatic carbocycles. The Hall–Kier alpha value is -3.07. The molecule has 4 aromatic rings. The summed E-state index contributed by atoms with van der Waals surface area (Å²) in [6.45, 7) is 8.42. The van der Waals surface area contributed by atoms with E-state index < -0.39 is 0 Å². The number of benzene rings is 5. The van der Waals surface area contributed by atoms with Crippen LogP contribution in [0, 0.1) is 6.92 Å². The quantitative estimate of drug-likeness (QED) is 0.152. The Morgan fingerprint density at radius 2 is 1.27 bits per heavy atom. The van der Waals surface area contributed by atoms with Gasteiger partial charge in [-0.05, 0) is 57.5 Å². The van der Waals surface area contributed by atoms with E-state index in [0.29, 0.717) is 5.75 Å². The van der Waals surface area contributed by atoms with Crippen LogP contribution in [0.5, 0.6) is 5.75 Å². The number of hydrogen-bond donors (Lipinski definition) is 1. The molecule has 0 radical (unpaired) electrons. The van der Waals surface area contributed by atoms with Crippen LogP contribution in [0.2, 0.25) is 0 Å². The molecule has 0 unspecified atom stereocenters. The van der Waals surface area contributed by atoms with Gasteiger partial charge in [0.05, 0.1) is 0 Å². The van der Waals surface area contributed by atoms with E-state index in [2.05, 4.69) is 135 Å². The zero-order chi connectivity index (χ0) is 28.0. The first-order chi connectivity index (χ1) is 18.8. The summed E-state index contributed by atoms with van der Waals surface area (Å²) in [5.41, 5.74) is 10.2. The molecule has 41 heavy (non-hydrogen) atoms. The molecular weight excluding hydrogens is 579 g/mol. The summed E-state index contributed by atoms with van der Waals surface area (Å²) in [6.07, 6.45) is 0. The molecule has 6 rings (SSSR count). The Morgan fingerprint density at radius 3 is 1.88 bits per heavy atom. The van der Waals surface area contributed by atoms with Crippen molar-refractivity contribution < 1.29 is 25.1 Å². The van der Waals surface area contributed by atoms with E-state index in [-0.39, 0.29) is 30.2 Å². The predicted molar refractivity (Wildman–Crippen MR) is 180 cm³/mol. The number of aromatic hydroxyl groups is 1. The Labute approximate surface area is 268 Å². The molecule has 0 fully saturated rings. The standard InChI is InChI=1S/C25H17.C11H16O.CH2.2ClH.Ti/c1-3-9-18(10-4-1)20-13-7-15-22-23-16-8-14-21(25(23)17-24(20)22)19-11-5-2-6-12-19;1-8-5-9(11(2,3)4)7-10(12)6-8;;;;/h1-17H;5-7,12H,1-4H3;1H2;2*1H;/q-1;;;;;+1. The van der Waals surface area contributed by atoms with Crippen LogP contribution in [-0.2, 0) is 25.4 Å². The fourth-order valence-electron chi connectivity index (χ4n) is 4.99. The molecule has 4 heteroatoms. The number of rotatable bonds is 2. The summed E-state index contributed by atoms with van der Waals surface area (Å²) in [4.78, 5) is 3.25. The van der Waals surface area contributed by atoms with Gasteiger partial charge in [0.25, 0.3) is 0 Å². The van der Waals surface area contributed by atoms with Crippen molar-refractivity contribution in [2.24, 2.45) is 0 Å². The number of fused-ring (bicyclic) bond motifs is 3. The van der Waals surface area contributed by atoms with Crippen molar-refractivity contribution >= 4 is 40.4 Å². The molecule has 0 spiro atoms. The molecular formula is C37H37Cl2OTi. The van der Waals surface area contributed by atoms with Gasteiger partial charge in [-0.3, -0.25) is 0 Å². The van der Waals surface area contributed by atoms with E-state index in [9.17, 15) is 5.11 Å². The molecule has 2 aliphatic carbocycles. The molecule has 0 saturated carbocycles. The average molecular weight is 616 g/mol. The Kier molecular flexibility index (Phi) is 12.7. The van der Waals surface area contributed by atoms with Gasteiger partial charge in [0.2, 0.25) is 0 Å². The molecule has 1 nitrogen and oxygen atoms in total. The largest absolute Gasteiger partial charge is 0.114 e. The smallest absolute Gasteiger partial charge is 0.0173 e. The van der Waals surface area contributed by atoms with E-state index >= 15 is 0 Å². The van der Waals surface area contributed by atoms with Crippen molar-refractivity contribution in [1.82, 2.24) is 0 Å². The molecule has 0 heterocycles. The summed E-state index contributed by atoms with van der Waals surface area (Å²) in [5, 5.41) is 12.0. The van der Waals surface area contributed by atoms with Crippen LogP contribution < -0.4 is 0 Å². The van der Waals surface area contributed by atoms with E-state index in [4.69, 9.17) is 0 Å². The normalized spacial score (nSPS) is 10.4. The van der Waals surface area contributed by atoms with Crippen molar-refractivity contribution in [2.45, 2.75) is 33.1 Å². The maximum Gasteiger partial charge on any atom is -0.0173 e. The first-order valence-electron chi connectivity index (χ1n) is 13.2. The number of hydrogen-bond acceptors (Lipinski definition) is 1. The van der Waals surface area contributed by atoms with E-state index in [1.165, 1.54) is 49.7 Å². The van der Waals surface area contributed by atoms with Crippen molar-refractivity contribution in [3.05, 3.63) is 132 Å². The first-order valence-corrected chi connectivity index (χ1v) is 14.3. The molecule has 1 N–H and O–H groups in total. The minimum Gasteiger partial charge on any atom is -0.114 e. The molecule has 0 aromatic heterocycles. The molecule has 0 amide bonds. The average Bonchev–Trinajstić information content (AvgIpc) is 3.34. The van der Waals surface area contributed by atoms with Gasteiger partial charge >= 0.3 is 24.8 Å². The molecule has 0 saturated heterocycles. The van der Waals surface area contributed by atoms with Gasteiger partial charge in [-0.2, -0.15) is 0 Å². The van der Waals surface area contributed by atoms with Gasteiger partial charge in [0.15, 0.2) is 0 Å². The summed E-state index contributed by atoms with van der Waals surface area (Å²) in [5.74, 6) is 0.361. The SMILES string of the molecule is Cc1cc(O)cc(C(C)(C)C)c1.Cl.Cl.[CH2]=[Ti+].c1ccc(-c2cccc3c4ccc[c-](-c5ccccc5)c-4cc23)cc1. The van der Waals surface area contributed by atoms with E-state index in [0.717, 1.165) is 5.56 Å². The predicted octanol–water partition coefficient (Wildman–Crippen LogP) is 10.8. The third-order valence-corrected chi connectivity index (χ3v) is 6.89. The van der Waals surface area contributed by atoms with Crippen LogP contribution in [-0.4, -0.2) is 9.92 Å². The molecule has 2 aliphatic rings.